The summed E-state index contributed by atoms with van der Waals surface area (Å²) in [5.41, 5.74) is 0.886. The first-order chi connectivity index (χ1) is 15.5. The minimum Gasteiger partial charge on any atom is -0.456 e. The van der Waals surface area contributed by atoms with Crippen molar-refractivity contribution in [3.8, 4) is 0 Å². The fourth-order valence-electron chi connectivity index (χ4n) is 3.49. The van der Waals surface area contributed by atoms with E-state index in [-0.39, 0.29) is 12.5 Å². The molecule has 32 heavy (non-hydrogen) atoms. The van der Waals surface area contributed by atoms with E-state index >= 15 is 0 Å². The fraction of sp³-hybridized carbons (Fsp3) is 0.385. The van der Waals surface area contributed by atoms with E-state index in [0.29, 0.717) is 11.1 Å². The molecule has 0 aliphatic carbocycles. The molecule has 0 radical (unpaired) electrons. The Bertz CT molecular complexity index is 882. The van der Waals surface area contributed by atoms with Crippen LogP contribution in [-0.2, 0) is 18.9 Å². The minimum atomic E-state index is -0.760. The van der Waals surface area contributed by atoms with Gasteiger partial charge >= 0.3 is 11.9 Å². The molecule has 1 heterocycles. The van der Waals surface area contributed by atoms with Crippen LogP contribution < -0.4 is 0 Å². The van der Waals surface area contributed by atoms with Crippen LogP contribution in [0.1, 0.15) is 53.8 Å². The maximum absolute atomic E-state index is 12.7. The van der Waals surface area contributed by atoms with Gasteiger partial charge in [0.15, 0.2) is 12.4 Å². The van der Waals surface area contributed by atoms with Gasteiger partial charge in [-0.25, -0.2) is 9.59 Å². The number of hydrogen-bond acceptors (Lipinski definition) is 6. The Labute approximate surface area is 189 Å². The van der Waals surface area contributed by atoms with E-state index in [1.165, 1.54) is 0 Å². The highest BCUT2D eigenvalue weighted by molar-refractivity contribution is 5.90. The standard InChI is InChI=1S/C26H30O6/c1-4-5-12-18(2)29-26-23(32-25(28)21-15-10-7-11-16-21)17-22(19(3)30-26)31-24(27)20-13-8-6-9-14-20/h4,6-11,13-16,18-19,22-23,26H,1,5,12,17H2,2-3H3/t18-,19?,22-,23+,26-/m1/s1. The summed E-state index contributed by atoms with van der Waals surface area (Å²) in [7, 11) is 0. The molecule has 1 unspecified atom stereocenters. The first-order valence-corrected chi connectivity index (χ1v) is 10.9. The molecule has 0 amide bonds. The number of hydrogen-bond donors (Lipinski definition) is 0. The van der Waals surface area contributed by atoms with Crippen LogP contribution in [0.15, 0.2) is 73.3 Å². The second-order valence-electron chi connectivity index (χ2n) is 7.88. The van der Waals surface area contributed by atoms with Crippen molar-refractivity contribution in [2.24, 2.45) is 0 Å². The van der Waals surface area contributed by atoms with Gasteiger partial charge in [0.25, 0.3) is 0 Å². The van der Waals surface area contributed by atoms with E-state index in [9.17, 15) is 9.59 Å². The molecular weight excluding hydrogens is 408 g/mol. The summed E-state index contributed by atoms with van der Waals surface area (Å²) in [6, 6.07) is 17.5. The average molecular weight is 439 g/mol. The van der Waals surface area contributed by atoms with Crippen LogP contribution in [0.25, 0.3) is 0 Å². The van der Waals surface area contributed by atoms with Crippen molar-refractivity contribution in [2.75, 3.05) is 0 Å². The summed E-state index contributed by atoms with van der Waals surface area (Å²) < 4.78 is 23.6. The van der Waals surface area contributed by atoms with Gasteiger partial charge in [-0.15, -0.1) is 6.58 Å². The van der Waals surface area contributed by atoms with Crippen LogP contribution >= 0.6 is 0 Å². The molecule has 0 spiro atoms. The van der Waals surface area contributed by atoms with E-state index in [4.69, 9.17) is 18.9 Å². The van der Waals surface area contributed by atoms with Crippen LogP contribution in [0.4, 0.5) is 0 Å². The van der Waals surface area contributed by atoms with Gasteiger partial charge in [0, 0.05) is 6.42 Å². The van der Waals surface area contributed by atoms with Crippen LogP contribution in [-0.4, -0.2) is 42.6 Å². The molecule has 6 heteroatoms. The fourth-order valence-corrected chi connectivity index (χ4v) is 3.49. The van der Waals surface area contributed by atoms with Gasteiger partial charge in [0.05, 0.1) is 23.3 Å². The summed E-state index contributed by atoms with van der Waals surface area (Å²) in [4.78, 5) is 25.3. The Balaban J connectivity index is 1.72. The Morgan fingerprint density at radius 2 is 1.53 bits per heavy atom. The van der Waals surface area contributed by atoms with Crippen molar-refractivity contribution >= 4 is 11.9 Å². The molecule has 2 aromatic carbocycles. The topological polar surface area (TPSA) is 71.1 Å². The number of carbonyl (C=O) groups excluding carboxylic acids is 2. The van der Waals surface area contributed by atoms with Gasteiger partial charge in [0.1, 0.15) is 6.10 Å². The van der Waals surface area contributed by atoms with E-state index in [1.807, 2.05) is 32.1 Å². The zero-order valence-electron chi connectivity index (χ0n) is 18.5. The van der Waals surface area contributed by atoms with Crippen molar-refractivity contribution in [3.05, 3.63) is 84.4 Å². The molecule has 0 saturated carbocycles. The van der Waals surface area contributed by atoms with Crippen molar-refractivity contribution in [2.45, 2.75) is 63.8 Å². The second-order valence-corrected chi connectivity index (χ2v) is 7.88. The molecule has 0 N–H and O–H groups in total. The Morgan fingerprint density at radius 3 is 2.06 bits per heavy atom. The largest absolute Gasteiger partial charge is 0.456 e. The molecular formula is C26H30O6. The second kappa shape index (κ2) is 11.6. The predicted octanol–water partition coefficient (Wildman–Crippen LogP) is 4.94. The van der Waals surface area contributed by atoms with E-state index < -0.39 is 36.5 Å². The normalized spacial score (nSPS) is 23.7. The first kappa shape index (κ1) is 23.7. The van der Waals surface area contributed by atoms with Gasteiger partial charge in [-0.2, -0.15) is 0 Å². The molecule has 170 valence electrons. The van der Waals surface area contributed by atoms with Crippen LogP contribution in [0.2, 0.25) is 0 Å². The SMILES string of the molecule is C=CCC[C@@H](C)O[C@@H]1OC(C)[C@H](OC(=O)c2ccccc2)C[C@@H]1OC(=O)c1ccccc1. The molecule has 0 aromatic heterocycles. The molecule has 3 rings (SSSR count). The predicted molar refractivity (Wildman–Crippen MR) is 120 cm³/mol. The quantitative estimate of drug-likeness (QED) is 0.408. The number of carbonyl (C=O) groups is 2. The summed E-state index contributed by atoms with van der Waals surface area (Å²) in [5.74, 6) is -0.924. The third kappa shape index (κ3) is 6.52. The lowest BCUT2D eigenvalue weighted by molar-refractivity contribution is -0.272. The lowest BCUT2D eigenvalue weighted by Crippen LogP contribution is -2.51. The minimum absolute atomic E-state index is 0.119. The van der Waals surface area contributed by atoms with Gasteiger partial charge < -0.3 is 18.9 Å². The highest BCUT2D eigenvalue weighted by Gasteiger charge is 2.41. The van der Waals surface area contributed by atoms with Crippen molar-refractivity contribution in [3.63, 3.8) is 0 Å². The van der Waals surface area contributed by atoms with E-state index in [1.54, 1.807) is 48.5 Å². The molecule has 2 aromatic rings. The van der Waals surface area contributed by atoms with Crippen LogP contribution in [0.5, 0.6) is 0 Å². The van der Waals surface area contributed by atoms with Gasteiger partial charge in [-0.05, 0) is 51.0 Å². The van der Waals surface area contributed by atoms with Crippen molar-refractivity contribution in [1.82, 2.24) is 0 Å². The molecule has 5 atom stereocenters. The first-order valence-electron chi connectivity index (χ1n) is 10.9. The maximum atomic E-state index is 12.7. The lowest BCUT2D eigenvalue weighted by atomic mass is 10.0. The maximum Gasteiger partial charge on any atom is 0.338 e. The number of rotatable bonds is 9. The van der Waals surface area contributed by atoms with Gasteiger partial charge in [-0.3, -0.25) is 0 Å². The zero-order valence-corrected chi connectivity index (χ0v) is 18.5. The summed E-state index contributed by atoms with van der Waals surface area (Å²) >= 11 is 0. The zero-order chi connectivity index (χ0) is 22.9. The highest BCUT2D eigenvalue weighted by Crippen LogP contribution is 2.28. The molecule has 1 fully saturated rings. The average Bonchev–Trinajstić information content (AvgIpc) is 2.81. The lowest BCUT2D eigenvalue weighted by Gasteiger charge is -2.39. The monoisotopic (exact) mass is 438 g/mol. The number of benzene rings is 2. The third-order valence-corrected chi connectivity index (χ3v) is 5.32. The van der Waals surface area contributed by atoms with Gasteiger partial charge in [-0.1, -0.05) is 42.5 Å². The molecule has 1 aliphatic heterocycles. The van der Waals surface area contributed by atoms with E-state index in [0.717, 1.165) is 12.8 Å². The molecule has 1 aliphatic rings. The Kier molecular flexibility index (Phi) is 8.59. The molecule has 1 saturated heterocycles. The van der Waals surface area contributed by atoms with Gasteiger partial charge in [0.2, 0.25) is 0 Å². The van der Waals surface area contributed by atoms with E-state index in [2.05, 4.69) is 6.58 Å². The smallest absolute Gasteiger partial charge is 0.338 e. The van der Waals surface area contributed by atoms with Crippen molar-refractivity contribution < 1.29 is 28.5 Å². The van der Waals surface area contributed by atoms with Crippen LogP contribution in [0.3, 0.4) is 0 Å². The number of esters is 2. The number of allylic oxidation sites excluding steroid dienone is 1. The third-order valence-electron chi connectivity index (χ3n) is 5.32. The Hall–Kier alpha value is -2.96. The summed E-state index contributed by atoms with van der Waals surface area (Å²) in [6.45, 7) is 7.50. The molecule has 0 bridgehead atoms. The van der Waals surface area contributed by atoms with Crippen LogP contribution in [0, 0.1) is 0 Å². The highest BCUT2D eigenvalue weighted by atomic mass is 16.7. The molecule has 6 nitrogen and oxygen atoms in total. The van der Waals surface area contributed by atoms with Crippen molar-refractivity contribution in [1.29, 1.82) is 0 Å². The number of ether oxygens (including phenoxy) is 4. The Morgan fingerprint density at radius 1 is 1.00 bits per heavy atom. The summed E-state index contributed by atoms with van der Waals surface area (Å²) in [5, 5.41) is 0. The summed E-state index contributed by atoms with van der Waals surface area (Å²) in [6.07, 6.45) is 1.06.